The minimum Gasteiger partial charge on any atom is -0.264 e. The first-order valence-corrected chi connectivity index (χ1v) is 8.22. The van der Waals surface area contributed by atoms with E-state index in [0.717, 1.165) is 0 Å². The molecule has 8 heteroatoms. The Balaban J connectivity index is 1.94. The molecule has 2 heterocycles. The molecular weight excluding hydrogens is 359 g/mol. The minimum atomic E-state index is -0.175. The highest BCUT2D eigenvalue weighted by Gasteiger charge is 2.21. The second kappa shape index (κ2) is 5.70. The summed E-state index contributed by atoms with van der Waals surface area (Å²) in [5.74, 6) is 0.457. The van der Waals surface area contributed by atoms with Crippen molar-refractivity contribution in [3.63, 3.8) is 0 Å². The van der Waals surface area contributed by atoms with Crippen molar-refractivity contribution < 1.29 is 10.3 Å². The molecule has 0 saturated carbocycles. The van der Waals surface area contributed by atoms with Gasteiger partial charge in [0.05, 0.1) is 0 Å². The van der Waals surface area contributed by atoms with Crippen LogP contribution in [0.5, 0.6) is 0 Å². The fourth-order valence-electron chi connectivity index (χ4n) is 1.24. The lowest BCUT2D eigenvalue weighted by molar-refractivity contribution is -0.766. The van der Waals surface area contributed by atoms with Gasteiger partial charge in [-0.3, -0.25) is 4.79 Å². The maximum Gasteiger partial charge on any atom is 0.298 e. The molecule has 1 amide bonds. The predicted octanol–water partition coefficient (Wildman–Crippen LogP) is -0.445. The van der Waals surface area contributed by atoms with E-state index < -0.39 is 0 Å². The van der Waals surface area contributed by atoms with Gasteiger partial charge in [0, 0.05) is 21.1 Å². The van der Waals surface area contributed by atoms with E-state index in [1.165, 1.54) is 10.4 Å². The van der Waals surface area contributed by atoms with Crippen LogP contribution in [-0.4, -0.2) is 30.2 Å². The zero-order valence-corrected chi connectivity index (χ0v) is 13.1. The van der Waals surface area contributed by atoms with Gasteiger partial charge in [-0.05, 0) is 20.2 Å². The summed E-state index contributed by atoms with van der Waals surface area (Å²) in [6, 6.07) is 0. The van der Waals surface area contributed by atoms with Gasteiger partial charge >= 0.3 is 0 Å². The quantitative estimate of drug-likeness (QED) is 0.324. The Hall–Kier alpha value is -1.42. The van der Waals surface area contributed by atoms with Crippen LogP contribution in [-0.2, 0) is 10.2 Å². The zero-order chi connectivity index (χ0) is 13.9. The lowest BCUT2D eigenvalue weighted by Crippen LogP contribution is -2.98. The lowest BCUT2D eigenvalue weighted by atomic mass is 9.96. The van der Waals surface area contributed by atoms with Crippen LogP contribution < -0.4 is 11.0 Å². The number of halogens is 1. The standard InChI is InChI=1S/C11H15IN6O/c1-11(2,3)10-14-17-18(15-10)16-13-9(19)8-4-6-12-7-5-8/h4-7,16H,1-3H3,(H,13,19)/p+1. The maximum atomic E-state index is 11.8. The number of amides is 1. The second-order valence-electron chi connectivity index (χ2n) is 4.95. The van der Waals surface area contributed by atoms with E-state index in [-0.39, 0.29) is 32.1 Å². The van der Waals surface area contributed by atoms with Crippen LogP contribution in [0, 0.1) is 0 Å². The molecular formula is C11H16IN6O+. The molecule has 0 aliphatic carbocycles. The first-order chi connectivity index (χ1) is 8.97. The number of nitrogens with zero attached hydrogens (tertiary/aromatic N) is 4. The number of nitrogens with two attached hydrogens (primary N) is 1. The van der Waals surface area contributed by atoms with Crippen LogP contribution in [0.2, 0.25) is 0 Å². The molecule has 1 aliphatic heterocycles. The summed E-state index contributed by atoms with van der Waals surface area (Å²) < 4.78 is 4.08. The number of carbonyl (C=O) groups excluding carboxylic acids is 1. The van der Waals surface area contributed by atoms with E-state index in [1.807, 2.05) is 41.0 Å². The fourth-order valence-corrected chi connectivity index (χ4v) is 2.67. The summed E-state index contributed by atoms with van der Waals surface area (Å²) in [5.41, 5.74) is 4.52. The molecule has 0 aromatic carbocycles. The van der Waals surface area contributed by atoms with Crippen LogP contribution in [0.4, 0.5) is 0 Å². The maximum absolute atomic E-state index is 11.8. The number of quaternary nitrogens is 1. The monoisotopic (exact) mass is 375 g/mol. The van der Waals surface area contributed by atoms with Crippen molar-refractivity contribution in [1.82, 2.24) is 25.7 Å². The van der Waals surface area contributed by atoms with E-state index >= 15 is 0 Å². The van der Waals surface area contributed by atoms with Gasteiger partial charge in [0.25, 0.3) is 5.91 Å². The van der Waals surface area contributed by atoms with Crippen molar-refractivity contribution in [2.45, 2.75) is 26.2 Å². The highest BCUT2D eigenvalue weighted by Crippen LogP contribution is 2.15. The number of allylic oxidation sites excluding steroid dienone is 1. The van der Waals surface area contributed by atoms with Crippen molar-refractivity contribution in [1.29, 1.82) is 0 Å². The number of tetrazole rings is 1. The first kappa shape index (κ1) is 14.0. The second-order valence-corrected chi connectivity index (χ2v) is 7.11. The van der Waals surface area contributed by atoms with Gasteiger partial charge in [-0.25, -0.2) is 0 Å². The van der Waals surface area contributed by atoms with Gasteiger partial charge < -0.3 is 0 Å². The third-order valence-corrected chi connectivity index (χ3v) is 3.85. The third-order valence-electron chi connectivity index (χ3n) is 2.30. The average molecular weight is 375 g/mol. The predicted molar refractivity (Wildman–Crippen MR) is 79.3 cm³/mol. The largest absolute Gasteiger partial charge is 0.298 e. The summed E-state index contributed by atoms with van der Waals surface area (Å²) >= 11 is -0.0145. The van der Waals surface area contributed by atoms with Gasteiger partial charge in [0.15, 0.2) is 5.82 Å². The van der Waals surface area contributed by atoms with Crippen molar-refractivity contribution in [3.05, 3.63) is 27.6 Å². The molecule has 0 fully saturated rings. The van der Waals surface area contributed by atoms with Crippen LogP contribution in [0.15, 0.2) is 21.8 Å². The Kier molecular flexibility index (Phi) is 4.20. The number of hydrogen-bond donors (Lipinski definition) is 2. The molecule has 1 aromatic heterocycles. The number of carbonyl (C=O) groups is 1. The Morgan fingerprint density at radius 1 is 1.47 bits per heavy atom. The summed E-state index contributed by atoms with van der Waals surface area (Å²) in [5, 5.41) is 12.0. The van der Waals surface area contributed by atoms with E-state index in [1.54, 1.807) is 0 Å². The normalized spacial score (nSPS) is 14.8. The Labute approximate surface area is 120 Å². The molecule has 0 radical (unpaired) electrons. The summed E-state index contributed by atoms with van der Waals surface area (Å²) in [7, 11) is 0. The van der Waals surface area contributed by atoms with Crippen molar-refractivity contribution >= 4 is 30.6 Å². The van der Waals surface area contributed by atoms with Crippen LogP contribution in [0.25, 0.3) is 0 Å². The van der Waals surface area contributed by atoms with Gasteiger partial charge in [0.1, 0.15) is 0 Å². The summed E-state index contributed by atoms with van der Waals surface area (Å²) in [4.78, 5) is 13.1. The molecule has 0 unspecified atom stereocenters. The molecule has 7 nitrogen and oxygen atoms in total. The molecule has 2 rings (SSSR count). The van der Waals surface area contributed by atoms with Crippen LogP contribution >= 0.6 is 20.7 Å². The SMILES string of the molecule is CC(C)(C)c1nnn([NH2+]NC(=O)C2=CC=IC=C2)n1. The highest BCUT2D eigenvalue weighted by atomic mass is 127. The lowest BCUT2D eigenvalue weighted by Gasteiger charge is -2.10. The topological polar surface area (TPSA) is 89.3 Å². The van der Waals surface area contributed by atoms with E-state index in [4.69, 9.17) is 0 Å². The number of aromatic nitrogens is 4. The van der Waals surface area contributed by atoms with Gasteiger partial charge in [-0.2, -0.15) is 5.43 Å². The van der Waals surface area contributed by atoms with E-state index in [2.05, 4.69) is 20.8 Å². The Morgan fingerprint density at radius 2 is 2.26 bits per heavy atom. The molecule has 0 atom stereocenters. The first-order valence-electron chi connectivity index (χ1n) is 5.73. The Morgan fingerprint density at radius 3 is 2.84 bits per heavy atom. The number of nitrogens with one attached hydrogen (secondary N) is 1. The van der Waals surface area contributed by atoms with E-state index in [9.17, 15) is 4.79 Å². The summed E-state index contributed by atoms with van der Waals surface area (Å²) in [6.07, 6.45) is 3.68. The highest BCUT2D eigenvalue weighted by molar-refractivity contribution is 14.2. The smallest absolute Gasteiger partial charge is 0.264 e. The molecule has 102 valence electrons. The molecule has 3 N–H and O–H groups in total. The molecule has 0 saturated heterocycles. The third kappa shape index (κ3) is 3.77. The fraction of sp³-hybridized carbons (Fsp3) is 0.364. The summed E-state index contributed by atoms with van der Waals surface area (Å²) in [6.45, 7) is 6.01. The molecule has 1 aromatic rings. The van der Waals surface area contributed by atoms with Crippen molar-refractivity contribution in [2.75, 3.05) is 0 Å². The van der Waals surface area contributed by atoms with Crippen LogP contribution in [0.1, 0.15) is 26.6 Å². The molecule has 1 aliphatic rings. The minimum absolute atomic E-state index is 0.0145. The van der Waals surface area contributed by atoms with E-state index in [0.29, 0.717) is 11.4 Å². The Bertz CT molecular complexity index is 566. The van der Waals surface area contributed by atoms with Crippen LogP contribution in [0.3, 0.4) is 0 Å². The number of hydrogen-bond acceptors (Lipinski definition) is 4. The van der Waals surface area contributed by atoms with Crippen molar-refractivity contribution in [3.8, 4) is 0 Å². The zero-order valence-electron chi connectivity index (χ0n) is 11.0. The van der Waals surface area contributed by atoms with Crippen molar-refractivity contribution in [2.24, 2.45) is 0 Å². The van der Waals surface area contributed by atoms with Gasteiger partial charge in [-0.15, -0.1) is 10.6 Å². The van der Waals surface area contributed by atoms with Gasteiger partial charge in [0.2, 0.25) is 0 Å². The molecule has 0 bridgehead atoms. The molecule has 0 spiro atoms. The molecule has 19 heavy (non-hydrogen) atoms. The number of rotatable bonds is 3. The average Bonchev–Trinajstić information content (AvgIpc) is 2.86. The van der Waals surface area contributed by atoms with Gasteiger partial charge in [-0.1, -0.05) is 46.6 Å².